The maximum atomic E-state index is 12.5. The average molecular weight is 333 g/mol. The Morgan fingerprint density at radius 3 is 2.60 bits per heavy atom. The maximum absolute atomic E-state index is 12.5. The molecule has 1 fully saturated rings. The first-order chi connectivity index (χ1) is 12.2. The van der Waals surface area contributed by atoms with E-state index in [0.717, 1.165) is 49.2 Å². The van der Waals surface area contributed by atoms with Crippen molar-refractivity contribution in [1.82, 2.24) is 4.90 Å². The number of carbonyl (C=O) groups is 1. The topological polar surface area (TPSA) is 40.5 Å². The van der Waals surface area contributed by atoms with Crippen LogP contribution < -0.4 is 0 Å². The minimum absolute atomic E-state index is 0.140. The van der Waals surface area contributed by atoms with Crippen LogP contribution in [0.25, 0.3) is 0 Å². The summed E-state index contributed by atoms with van der Waals surface area (Å²) in [6.45, 7) is 3.16. The minimum atomic E-state index is 0.140. The van der Waals surface area contributed by atoms with Crippen molar-refractivity contribution < 1.29 is 9.90 Å². The van der Waals surface area contributed by atoms with E-state index in [1.165, 1.54) is 5.56 Å². The highest BCUT2D eigenvalue weighted by Crippen LogP contribution is 2.31. The van der Waals surface area contributed by atoms with Gasteiger partial charge in [0.15, 0.2) is 5.78 Å². The van der Waals surface area contributed by atoms with Crippen molar-refractivity contribution in [3.63, 3.8) is 0 Å². The quantitative estimate of drug-likeness (QED) is 0.864. The monoisotopic (exact) mass is 333 g/mol. The third-order valence-electron chi connectivity index (χ3n) is 5.32. The molecule has 1 N–H and O–H groups in total. The van der Waals surface area contributed by atoms with Gasteiger partial charge in [0.2, 0.25) is 0 Å². The Bertz CT molecular complexity index is 802. The fourth-order valence-corrected chi connectivity index (χ4v) is 3.94. The predicted octanol–water partition coefficient (Wildman–Crippen LogP) is 3.97. The summed E-state index contributed by atoms with van der Waals surface area (Å²) in [5.74, 6) is 0.859. The number of rotatable bonds is 3. The van der Waals surface area contributed by atoms with Gasteiger partial charge in [0.05, 0.1) is 0 Å². The molecule has 128 valence electrons. The van der Waals surface area contributed by atoms with E-state index in [4.69, 9.17) is 0 Å². The van der Waals surface area contributed by atoms with E-state index in [1.54, 1.807) is 18.2 Å². The lowest BCUT2D eigenvalue weighted by Gasteiger charge is -2.30. The molecule has 1 heterocycles. The molecule has 2 aliphatic rings. The summed E-state index contributed by atoms with van der Waals surface area (Å²) in [6, 6.07) is 15.7. The third kappa shape index (κ3) is 3.52. The predicted molar refractivity (Wildman–Crippen MR) is 98.7 cm³/mol. The highest BCUT2D eigenvalue weighted by atomic mass is 16.3. The van der Waals surface area contributed by atoms with Crippen LogP contribution in [0.15, 0.2) is 60.2 Å². The number of fused-ring (bicyclic) bond motifs is 1. The first kappa shape index (κ1) is 16.1. The molecule has 2 aromatic rings. The van der Waals surface area contributed by atoms with Gasteiger partial charge in [0.1, 0.15) is 5.75 Å². The maximum Gasteiger partial charge on any atom is 0.189 e. The second-order valence-corrected chi connectivity index (χ2v) is 7.14. The first-order valence-corrected chi connectivity index (χ1v) is 9.02. The summed E-state index contributed by atoms with van der Waals surface area (Å²) < 4.78 is 0. The molecule has 4 rings (SSSR count). The Kier molecular flexibility index (Phi) is 4.41. The second-order valence-electron chi connectivity index (χ2n) is 7.14. The zero-order valence-electron chi connectivity index (χ0n) is 14.3. The molecule has 0 unspecified atom stereocenters. The van der Waals surface area contributed by atoms with Gasteiger partial charge >= 0.3 is 0 Å². The number of ketones is 1. The Morgan fingerprint density at radius 1 is 1.08 bits per heavy atom. The van der Waals surface area contributed by atoms with Crippen LogP contribution in [0.4, 0.5) is 0 Å². The van der Waals surface area contributed by atoms with Crippen LogP contribution in [0.3, 0.4) is 0 Å². The van der Waals surface area contributed by atoms with Crippen molar-refractivity contribution in [3.8, 4) is 5.75 Å². The Morgan fingerprint density at radius 2 is 1.84 bits per heavy atom. The molecule has 1 aliphatic heterocycles. The van der Waals surface area contributed by atoms with Crippen molar-refractivity contribution in [2.24, 2.45) is 5.92 Å². The van der Waals surface area contributed by atoms with Gasteiger partial charge in [0, 0.05) is 24.1 Å². The van der Waals surface area contributed by atoms with Gasteiger partial charge in [-0.2, -0.15) is 0 Å². The average Bonchev–Trinajstić information content (AvgIpc) is 2.92. The van der Waals surface area contributed by atoms with Crippen molar-refractivity contribution in [3.05, 3.63) is 76.9 Å². The largest absolute Gasteiger partial charge is 0.508 e. The third-order valence-corrected chi connectivity index (χ3v) is 5.32. The van der Waals surface area contributed by atoms with Gasteiger partial charge in [-0.1, -0.05) is 36.4 Å². The SMILES string of the molecule is O=C1/C(=C/C2CCN(Cc3ccccc3)CC2)Cc2cc(O)ccc21. The molecular weight excluding hydrogens is 310 g/mol. The van der Waals surface area contributed by atoms with Gasteiger partial charge in [-0.05, 0) is 61.2 Å². The number of aromatic hydroxyl groups is 1. The number of hydrogen-bond acceptors (Lipinski definition) is 3. The summed E-state index contributed by atoms with van der Waals surface area (Å²) in [5.41, 5.74) is 3.98. The lowest BCUT2D eigenvalue weighted by Crippen LogP contribution is -2.32. The number of phenols is 1. The number of nitrogens with zero attached hydrogens (tertiary/aromatic N) is 1. The minimum Gasteiger partial charge on any atom is -0.508 e. The van der Waals surface area contributed by atoms with E-state index in [0.29, 0.717) is 12.3 Å². The lowest BCUT2D eigenvalue weighted by molar-refractivity contribution is 0.103. The van der Waals surface area contributed by atoms with Gasteiger partial charge in [-0.15, -0.1) is 0 Å². The van der Waals surface area contributed by atoms with Crippen LogP contribution in [-0.2, 0) is 13.0 Å². The van der Waals surface area contributed by atoms with Crippen LogP contribution in [0, 0.1) is 5.92 Å². The normalized spacial score (nSPS) is 20.2. The summed E-state index contributed by atoms with van der Waals surface area (Å²) in [7, 11) is 0. The van der Waals surface area contributed by atoms with Crippen molar-refractivity contribution in [2.75, 3.05) is 13.1 Å². The molecule has 0 saturated carbocycles. The van der Waals surface area contributed by atoms with Crippen LogP contribution in [0.2, 0.25) is 0 Å². The molecule has 1 aliphatic carbocycles. The second kappa shape index (κ2) is 6.85. The zero-order valence-corrected chi connectivity index (χ0v) is 14.3. The molecule has 3 nitrogen and oxygen atoms in total. The Hall–Kier alpha value is -2.39. The van der Waals surface area contributed by atoms with Gasteiger partial charge in [-0.3, -0.25) is 9.69 Å². The molecule has 0 radical (unpaired) electrons. The highest BCUT2D eigenvalue weighted by Gasteiger charge is 2.27. The van der Waals surface area contributed by atoms with E-state index in [2.05, 4.69) is 41.3 Å². The summed E-state index contributed by atoms with van der Waals surface area (Å²) >= 11 is 0. The molecule has 1 saturated heterocycles. The highest BCUT2D eigenvalue weighted by molar-refractivity contribution is 6.13. The number of carbonyl (C=O) groups excluding carboxylic acids is 1. The van der Waals surface area contributed by atoms with E-state index >= 15 is 0 Å². The van der Waals surface area contributed by atoms with Crippen LogP contribution >= 0.6 is 0 Å². The smallest absolute Gasteiger partial charge is 0.189 e. The zero-order chi connectivity index (χ0) is 17.2. The standard InChI is InChI=1S/C22H23NO2/c24-20-6-7-21-18(14-20)13-19(22(21)25)12-16-8-10-23(11-9-16)15-17-4-2-1-3-5-17/h1-7,12,14,16,24H,8-11,13,15H2/b19-12+. The van der Waals surface area contributed by atoms with E-state index < -0.39 is 0 Å². The number of hydrogen-bond donors (Lipinski definition) is 1. The van der Waals surface area contributed by atoms with Crippen LogP contribution in [-0.4, -0.2) is 28.9 Å². The van der Waals surface area contributed by atoms with Crippen LogP contribution in [0.1, 0.15) is 34.3 Å². The number of phenolic OH excluding ortho intramolecular Hbond substituents is 1. The van der Waals surface area contributed by atoms with Gasteiger partial charge < -0.3 is 5.11 Å². The molecular formula is C22H23NO2. The van der Waals surface area contributed by atoms with Crippen LogP contribution in [0.5, 0.6) is 5.75 Å². The van der Waals surface area contributed by atoms with Gasteiger partial charge in [-0.25, -0.2) is 0 Å². The number of likely N-dealkylation sites (tertiary alicyclic amines) is 1. The number of Topliss-reactive ketones (excluding diaryl/α,β-unsaturated/α-hetero) is 1. The molecule has 0 atom stereocenters. The lowest BCUT2D eigenvalue weighted by atomic mass is 9.93. The molecule has 3 heteroatoms. The molecule has 0 spiro atoms. The number of allylic oxidation sites excluding steroid dienone is 2. The van der Waals surface area contributed by atoms with E-state index in [9.17, 15) is 9.90 Å². The number of piperidine rings is 1. The molecule has 0 bridgehead atoms. The molecule has 0 amide bonds. The fourth-order valence-electron chi connectivity index (χ4n) is 3.94. The number of benzene rings is 2. The molecule has 0 aromatic heterocycles. The summed E-state index contributed by atoms with van der Waals surface area (Å²) in [4.78, 5) is 15.0. The summed E-state index contributed by atoms with van der Waals surface area (Å²) in [6.07, 6.45) is 5.06. The Balaban J connectivity index is 1.37. The first-order valence-electron chi connectivity index (χ1n) is 9.02. The van der Waals surface area contributed by atoms with Crippen molar-refractivity contribution >= 4 is 5.78 Å². The molecule has 25 heavy (non-hydrogen) atoms. The molecule has 2 aromatic carbocycles. The summed E-state index contributed by atoms with van der Waals surface area (Å²) in [5, 5.41) is 9.60. The fraction of sp³-hybridized carbons (Fsp3) is 0.318. The van der Waals surface area contributed by atoms with Crippen molar-refractivity contribution in [2.45, 2.75) is 25.8 Å². The van der Waals surface area contributed by atoms with E-state index in [1.807, 2.05) is 0 Å². The van der Waals surface area contributed by atoms with Gasteiger partial charge in [0.25, 0.3) is 0 Å². The van der Waals surface area contributed by atoms with Crippen molar-refractivity contribution in [1.29, 1.82) is 0 Å². The van der Waals surface area contributed by atoms with E-state index in [-0.39, 0.29) is 11.5 Å². The Labute approximate surface area is 148 Å².